The number of imidazole rings is 1. The molecule has 2 nitrogen and oxygen atoms in total. The van der Waals surface area contributed by atoms with Crippen molar-refractivity contribution in [2.75, 3.05) is 0 Å². The summed E-state index contributed by atoms with van der Waals surface area (Å²) in [6.07, 6.45) is 1.89. The van der Waals surface area contributed by atoms with Crippen LogP contribution in [0.1, 0.15) is 30.9 Å². The maximum Gasteiger partial charge on any atom is 0.0955 e. The lowest BCUT2D eigenvalue weighted by Gasteiger charge is -2.09. The van der Waals surface area contributed by atoms with Crippen molar-refractivity contribution in [3.8, 4) is 0 Å². The highest BCUT2D eigenvalue weighted by atomic mass is 15.0. The van der Waals surface area contributed by atoms with Crippen molar-refractivity contribution in [1.29, 1.82) is 0 Å². The minimum absolute atomic E-state index is 0.550. The number of nitrogens with zero attached hydrogens (tertiary/aromatic N) is 2. The van der Waals surface area contributed by atoms with Gasteiger partial charge in [-0.3, -0.25) is 0 Å². The zero-order valence-corrected chi connectivity index (χ0v) is 9.20. The average molecular weight is 188 g/mol. The van der Waals surface area contributed by atoms with E-state index < -0.39 is 0 Å². The Morgan fingerprint density at radius 1 is 1.29 bits per heavy atom. The number of aryl methyl sites for hydroxylation is 2. The van der Waals surface area contributed by atoms with Gasteiger partial charge in [0.05, 0.1) is 17.4 Å². The fourth-order valence-corrected chi connectivity index (χ4v) is 1.90. The normalized spacial score (nSPS) is 11.5. The summed E-state index contributed by atoms with van der Waals surface area (Å²) >= 11 is 0. The van der Waals surface area contributed by atoms with Crippen LogP contribution in [0.4, 0.5) is 0 Å². The first kappa shape index (κ1) is 9.25. The highest BCUT2D eigenvalue weighted by molar-refractivity contribution is 5.82. The van der Waals surface area contributed by atoms with Gasteiger partial charge >= 0.3 is 0 Å². The van der Waals surface area contributed by atoms with E-state index in [0.29, 0.717) is 5.92 Å². The van der Waals surface area contributed by atoms with Gasteiger partial charge in [-0.25, -0.2) is 4.98 Å². The molecule has 14 heavy (non-hydrogen) atoms. The van der Waals surface area contributed by atoms with E-state index in [1.807, 2.05) is 6.33 Å². The third kappa shape index (κ3) is 1.22. The molecular weight excluding hydrogens is 172 g/mol. The van der Waals surface area contributed by atoms with Gasteiger partial charge in [0.25, 0.3) is 0 Å². The van der Waals surface area contributed by atoms with Gasteiger partial charge in [-0.1, -0.05) is 26.0 Å². The Morgan fingerprint density at radius 2 is 2.00 bits per heavy atom. The van der Waals surface area contributed by atoms with Crippen LogP contribution in [0.15, 0.2) is 18.5 Å². The lowest BCUT2D eigenvalue weighted by Crippen LogP contribution is -1.95. The molecule has 0 atom stereocenters. The zero-order chi connectivity index (χ0) is 10.3. The first-order chi connectivity index (χ1) is 6.61. The highest BCUT2D eigenvalue weighted by Gasteiger charge is 2.10. The van der Waals surface area contributed by atoms with Crippen molar-refractivity contribution < 1.29 is 0 Å². The Hall–Kier alpha value is -1.31. The molecular formula is C12H16N2. The van der Waals surface area contributed by atoms with Gasteiger partial charge in [-0.15, -0.1) is 0 Å². The molecule has 0 saturated heterocycles. The standard InChI is InChI=1S/C12H16N2/c1-8(2)10-6-5-9(3)11-12(10)14(4)7-13-11/h5-8H,1-4H3. The molecule has 1 aromatic carbocycles. The molecule has 0 fully saturated rings. The van der Waals surface area contributed by atoms with E-state index in [4.69, 9.17) is 0 Å². The quantitative estimate of drug-likeness (QED) is 0.672. The Kier molecular flexibility index (Phi) is 2.06. The summed E-state index contributed by atoms with van der Waals surface area (Å²) in [5, 5.41) is 0. The predicted molar refractivity (Wildman–Crippen MR) is 59.5 cm³/mol. The van der Waals surface area contributed by atoms with Crippen molar-refractivity contribution in [1.82, 2.24) is 9.55 Å². The third-order valence-electron chi connectivity index (χ3n) is 2.72. The van der Waals surface area contributed by atoms with Crippen LogP contribution in [0.2, 0.25) is 0 Å². The van der Waals surface area contributed by atoms with E-state index in [9.17, 15) is 0 Å². The lowest BCUT2D eigenvalue weighted by atomic mass is 10.00. The third-order valence-corrected chi connectivity index (χ3v) is 2.72. The van der Waals surface area contributed by atoms with Gasteiger partial charge in [0, 0.05) is 7.05 Å². The van der Waals surface area contributed by atoms with Crippen molar-refractivity contribution >= 4 is 11.0 Å². The summed E-state index contributed by atoms with van der Waals surface area (Å²) < 4.78 is 2.11. The summed E-state index contributed by atoms with van der Waals surface area (Å²) in [5.74, 6) is 0.550. The minimum atomic E-state index is 0.550. The van der Waals surface area contributed by atoms with E-state index in [1.165, 1.54) is 16.6 Å². The van der Waals surface area contributed by atoms with Gasteiger partial charge in [0.15, 0.2) is 0 Å². The topological polar surface area (TPSA) is 17.8 Å². The van der Waals surface area contributed by atoms with Crippen molar-refractivity contribution in [3.05, 3.63) is 29.6 Å². The molecule has 1 heterocycles. The van der Waals surface area contributed by atoms with Crippen LogP contribution in [0.25, 0.3) is 11.0 Å². The molecule has 0 saturated carbocycles. The second-order valence-electron chi connectivity index (χ2n) is 4.18. The number of benzene rings is 1. The first-order valence-corrected chi connectivity index (χ1v) is 5.01. The Bertz CT molecular complexity index is 466. The largest absolute Gasteiger partial charge is 0.333 e. The molecule has 0 aliphatic carbocycles. The van der Waals surface area contributed by atoms with Gasteiger partial charge in [-0.05, 0) is 24.0 Å². The van der Waals surface area contributed by atoms with Crippen LogP contribution < -0.4 is 0 Å². The van der Waals surface area contributed by atoms with E-state index >= 15 is 0 Å². The summed E-state index contributed by atoms with van der Waals surface area (Å²) in [6, 6.07) is 4.37. The SMILES string of the molecule is Cc1ccc(C(C)C)c2c1ncn2C. The maximum atomic E-state index is 4.42. The molecule has 0 radical (unpaired) electrons. The second kappa shape index (κ2) is 3.12. The summed E-state index contributed by atoms with van der Waals surface area (Å²) in [4.78, 5) is 4.42. The first-order valence-electron chi connectivity index (χ1n) is 5.01. The van der Waals surface area contributed by atoms with Crippen LogP contribution in [0.3, 0.4) is 0 Å². The monoisotopic (exact) mass is 188 g/mol. The Balaban J connectivity index is 2.85. The van der Waals surface area contributed by atoms with Gasteiger partial charge < -0.3 is 4.57 Å². The predicted octanol–water partition coefficient (Wildman–Crippen LogP) is 3.01. The van der Waals surface area contributed by atoms with Gasteiger partial charge in [-0.2, -0.15) is 0 Å². The van der Waals surface area contributed by atoms with E-state index in [0.717, 1.165) is 5.52 Å². The number of aromatic nitrogens is 2. The highest BCUT2D eigenvalue weighted by Crippen LogP contribution is 2.26. The number of hydrogen-bond donors (Lipinski definition) is 0. The molecule has 2 heteroatoms. The van der Waals surface area contributed by atoms with E-state index in [-0.39, 0.29) is 0 Å². The van der Waals surface area contributed by atoms with Crippen LogP contribution in [0, 0.1) is 6.92 Å². The fraction of sp³-hybridized carbons (Fsp3) is 0.417. The Labute approximate surface area is 84.6 Å². The molecule has 0 bridgehead atoms. The Morgan fingerprint density at radius 3 is 2.64 bits per heavy atom. The molecule has 74 valence electrons. The lowest BCUT2D eigenvalue weighted by molar-refractivity contribution is 0.855. The zero-order valence-electron chi connectivity index (χ0n) is 9.20. The maximum absolute atomic E-state index is 4.42. The average Bonchev–Trinajstić information content (AvgIpc) is 2.50. The fourth-order valence-electron chi connectivity index (χ4n) is 1.90. The summed E-state index contributed by atoms with van der Waals surface area (Å²) in [5.41, 5.74) is 5.05. The molecule has 0 N–H and O–H groups in total. The molecule has 0 spiro atoms. The van der Waals surface area contributed by atoms with Crippen molar-refractivity contribution in [3.63, 3.8) is 0 Å². The molecule has 2 aromatic rings. The number of hydrogen-bond acceptors (Lipinski definition) is 1. The molecule has 0 amide bonds. The molecule has 1 aromatic heterocycles. The van der Waals surface area contributed by atoms with Crippen molar-refractivity contribution in [2.24, 2.45) is 7.05 Å². The minimum Gasteiger partial charge on any atom is -0.333 e. The van der Waals surface area contributed by atoms with Crippen LogP contribution in [-0.4, -0.2) is 9.55 Å². The van der Waals surface area contributed by atoms with E-state index in [1.54, 1.807) is 0 Å². The molecule has 0 aliphatic rings. The van der Waals surface area contributed by atoms with Crippen molar-refractivity contribution in [2.45, 2.75) is 26.7 Å². The van der Waals surface area contributed by atoms with Crippen LogP contribution in [-0.2, 0) is 7.05 Å². The number of rotatable bonds is 1. The summed E-state index contributed by atoms with van der Waals surface area (Å²) in [7, 11) is 2.06. The molecule has 2 rings (SSSR count). The van der Waals surface area contributed by atoms with Crippen LogP contribution >= 0.6 is 0 Å². The summed E-state index contributed by atoms with van der Waals surface area (Å²) in [6.45, 7) is 6.55. The number of fused-ring (bicyclic) bond motifs is 1. The molecule has 0 unspecified atom stereocenters. The van der Waals surface area contributed by atoms with Gasteiger partial charge in [0.2, 0.25) is 0 Å². The second-order valence-corrected chi connectivity index (χ2v) is 4.18. The van der Waals surface area contributed by atoms with Crippen LogP contribution in [0.5, 0.6) is 0 Å². The van der Waals surface area contributed by atoms with Gasteiger partial charge in [0.1, 0.15) is 0 Å². The molecule has 0 aliphatic heterocycles. The smallest absolute Gasteiger partial charge is 0.0955 e. The van der Waals surface area contributed by atoms with E-state index in [2.05, 4.69) is 49.5 Å².